The minimum Gasteiger partial charge on any atom is -0.505 e. The van der Waals surface area contributed by atoms with E-state index in [1.165, 1.54) is 22.3 Å². The Hall–Kier alpha value is -5.74. The van der Waals surface area contributed by atoms with E-state index >= 15 is 0 Å². The first-order valence-electron chi connectivity index (χ1n) is 18.6. The van der Waals surface area contributed by atoms with Crippen LogP contribution in [0.3, 0.4) is 0 Å². The molecule has 0 unspecified atom stereocenters. The third kappa shape index (κ3) is 5.96. The average molecular weight is 694 g/mol. The second kappa shape index (κ2) is 12.4. The number of aromatic nitrogens is 2. The van der Waals surface area contributed by atoms with Crippen molar-refractivity contribution in [3.05, 3.63) is 156 Å². The van der Waals surface area contributed by atoms with Crippen LogP contribution < -0.4 is 4.90 Å². The highest BCUT2D eigenvalue weighted by molar-refractivity contribution is 6.03. The van der Waals surface area contributed by atoms with Crippen molar-refractivity contribution < 1.29 is 5.11 Å². The summed E-state index contributed by atoms with van der Waals surface area (Å²) in [4.78, 5) is 12.5. The van der Waals surface area contributed by atoms with Gasteiger partial charge >= 0.3 is 0 Å². The van der Waals surface area contributed by atoms with Crippen molar-refractivity contribution in [3.8, 4) is 39.3 Å². The summed E-state index contributed by atoms with van der Waals surface area (Å²) >= 11 is 0. The predicted molar refractivity (Wildman–Crippen MR) is 222 cm³/mol. The molecule has 53 heavy (non-hydrogen) atoms. The van der Waals surface area contributed by atoms with Gasteiger partial charge in [0.05, 0.1) is 17.1 Å². The molecule has 2 aromatic heterocycles. The fourth-order valence-electron chi connectivity index (χ4n) is 7.79. The highest BCUT2D eigenvalue weighted by Gasteiger charge is 2.37. The van der Waals surface area contributed by atoms with Crippen molar-refractivity contribution in [2.24, 2.45) is 0 Å². The zero-order valence-electron chi connectivity index (χ0n) is 32.0. The molecule has 0 fully saturated rings. The molecule has 1 aliphatic rings. The Labute approximate surface area is 313 Å². The molecule has 7 aromatic rings. The first-order valence-corrected chi connectivity index (χ1v) is 18.6. The summed E-state index contributed by atoms with van der Waals surface area (Å²) in [5.74, 6) is 1.07. The van der Waals surface area contributed by atoms with Gasteiger partial charge in [-0.05, 0) is 92.2 Å². The molecule has 0 radical (unpaired) electrons. The van der Waals surface area contributed by atoms with Crippen LogP contribution in [0, 0.1) is 0 Å². The van der Waals surface area contributed by atoms with Gasteiger partial charge in [0, 0.05) is 28.1 Å². The van der Waals surface area contributed by atoms with Crippen molar-refractivity contribution in [1.82, 2.24) is 9.97 Å². The Morgan fingerprint density at radius 3 is 1.92 bits per heavy atom. The van der Waals surface area contributed by atoms with Crippen LogP contribution in [0.5, 0.6) is 5.75 Å². The fourth-order valence-corrected chi connectivity index (χ4v) is 7.79. The van der Waals surface area contributed by atoms with Gasteiger partial charge in [-0.2, -0.15) is 0 Å². The summed E-state index contributed by atoms with van der Waals surface area (Å²) in [6.45, 7) is 18.0. The summed E-state index contributed by atoms with van der Waals surface area (Å²) in [5.41, 5.74) is 13.2. The number of hydrogen-bond donors (Lipinski definition) is 1. The molecule has 1 aliphatic heterocycles. The number of pyridine rings is 2. The largest absolute Gasteiger partial charge is 0.505 e. The molecule has 5 aromatic carbocycles. The van der Waals surface area contributed by atoms with E-state index in [4.69, 9.17) is 9.97 Å². The van der Waals surface area contributed by atoms with Gasteiger partial charge in [0.25, 0.3) is 0 Å². The second-order valence-electron chi connectivity index (χ2n) is 17.0. The summed E-state index contributed by atoms with van der Waals surface area (Å²) in [5, 5.41) is 12.9. The van der Waals surface area contributed by atoms with Crippen LogP contribution in [0.25, 0.3) is 44.4 Å². The Morgan fingerprint density at radius 1 is 0.566 bits per heavy atom. The van der Waals surface area contributed by atoms with Gasteiger partial charge in [-0.1, -0.05) is 140 Å². The van der Waals surface area contributed by atoms with E-state index < -0.39 is 0 Å². The molecular weight excluding hydrogens is 647 g/mol. The summed E-state index contributed by atoms with van der Waals surface area (Å²) < 4.78 is 0. The van der Waals surface area contributed by atoms with Crippen molar-refractivity contribution in [2.75, 3.05) is 4.90 Å². The molecule has 0 aliphatic carbocycles. The van der Waals surface area contributed by atoms with Crippen molar-refractivity contribution in [2.45, 2.75) is 71.6 Å². The first kappa shape index (κ1) is 34.4. The number of phenols is 1. The van der Waals surface area contributed by atoms with E-state index in [0.29, 0.717) is 5.52 Å². The number of benzene rings is 5. The lowest BCUT2D eigenvalue weighted by molar-refractivity contribution is 0.482. The van der Waals surface area contributed by atoms with Crippen LogP contribution in [0.15, 0.2) is 134 Å². The molecule has 0 atom stereocenters. The second-order valence-corrected chi connectivity index (χ2v) is 17.0. The Kier molecular flexibility index (Phi) is 8.07. The van der Waals surface area contributed by atoms with Gasteiger partial charge in [-0.3, -0.25) is 4.90 Å². The Balaban J connectivity index is 1.33. The van der Waals surface area contributed by atoms with Gasteiger partial charge in [-0.25, -0.2) is 9.97 Å². The highest BCUT2D eigenvalue weighted by Crippen LogP contribution is 2.52. The van der Waals surface area contributed by atoms with Crippen LogP contribution in [-0.2, 0) is 16.2 Å². The molecule has 0 saturated carbocycles. The number of phenolic OH excluding ortho intramolecular Hbond substituents is 1. The van der Waals surface area contributed by atoms with Gasteiger partial charge in [-0.15, -0.1) is 0 Å². The maximum absolute atomic E-state index is 12.0. The Morgan fingerprint density at radius 2 is 1.21 bits per heavy atom. The number of aromatic hydroxyl groups is 1. The third-order valence-corrected chi connectivity index (χ3v) is 11.0. The molecule has 8 rings (SSSR count). The molecule has 0 saturated heterocycles. The number of nitrogens with zero attached hydrogens (tertiary/aromatic N) is 3. The van der Waals surface area contributed by atoms with E-state index in [2.05, 4.69) is 157 Å². The van der Waals surface area contributed by atoms with E-state index in [9.17, 15) is 5.11 Å². The van der Waals surface area contributed by atoms with Crippen molar-refractivity contribution in [1.29, 1.82) is 0 Å². The quantitative estimate of drug-likeness (QED) is 0.199. The molecule has 264 valence electrons. The molecule has 1 N–H and O–H groups in total. The minimum atomic E-state index is -0.236. The minimum absolute atomic E-state index is 0.0277. The van der Waals surface area contributed by atoms with E-state index in [-0.39, 0.29) is 22.0 Å². The van der Waals surface area contributed by atoms with Crippen LogP contribution in [0.4, 0.5) is 17.2 Å². The lowest BCUT2D eigenvalue weighted by atomic mass is 9.73. The number of hydrogen-bond acceptors (Lipinski definition) is 4. The van der Waals surface area contributed by atoms with Crippen LogP contribution in [0.1, 0.15) is 77.6 Å². The smallest absolute Gasteiger partial charge is 0.149 e. The van der Waals surface area contributed by atoms with Gasteiger partial charge in [0.15, 0.2) is 0 Å². The molecule has 4 nitrogen and oxygen atoms in total. The predicted octanol–water partition coefficient (Wildman–Crippen LogP) is 13.0. The standard InChI is InChI=1S/C49H47N3O/c1-47(2,3)34-21-18-32(19-22-34)37-30-38(31-14-10-9-11-15-31)46(53)45-36(37)23-25-41(51-45)33-20-24-40-43(28-33)52(42-17-13-12-16-39(42)49(40,7)8)44-29-35(26-27-50-44)48(4,5)6/h9-30,53H,1-8H3. The molecular formula is C49H47N3O. The summed E-state index contributed by atoms with van der Waals surface area (Å²) in [6, 6.07) is 44.9. The molecule has 3 heterocycles. The van der Waals surface area contributed by atoms with E-state index in [1.807, 2.05) is 36.5 Å². The zero-order valence-corrected chi connectivity index (χ0v) is 32.0. The summed E-state index contributed by atoms with van der Waals surface area (Å²) in [6.07, 6.45) is 1.92. The maximum Gasteiger partial charge on any atom is 0.149 e. The van der Waals surface area contributed by atoms with Gasteiger partial charge in [0.1, 0.15) is 17.1 Å². The van der Waals surface area contributed by atoms with Gasteiger partial charge < -0.3 is 5.11 Å². The molecule has 0 bridgehead atoms. The maximum atomic E-state index is 12.0. The van der Waals surface area contributed by atoms with Crippen molar-refractivity contribution in [3.63, 3.8) is 0 Å². The molecule has 0 amide bonds. The number of fused-ring (bicyclic) bond motifs is 3. The monoisotopic (exact) mass is 693 g/mol. The third-order valence-electron chi connectivity index (χ3n) is 11.0. The van der Waals surface area contributed by atoms with Crippen molar-refractivity contribution >= 4 is 28.1 Å². The van der Waals surface area contributed by atoms with Gasteiger partial charge in [0.2, 0.25) is 0 Å². The number of anilines is 3. The van der Waals surface area contributed by atoms with Crippen LogP contribution in [-0.4, -0.2) is 15.1 Å². The fraction of sp³-hybridized carbons (Fsp3) is 0.224. The molecule has 0 spiro atoms. The lowest BCUT2D eigenvalue weighted by Gasteiger charge is -2.42. The van der Waals surface area contributed by atoms with Crippen LogP contribution in [0.2, 0.25) is 0 Å². The first-order chi connectivity index (χ1) is 25.2. The summed E-state index contributed by atoms with van der Waals surface area (Å²) in [7, 11) is 0. The molecule has 4 heteroatoms. The number of para-hydroxylation sites is 1. The lowest BCUT2D eigenvalue weighted by Crippen LogP contribution is -2.31. The topological polar surface area (TPSA) is 49.3 Å². The number of rotatable bonds is 4. The zero-order chi connectivity index (χ0) is 37.3. The highest BCUT2D eigenvalue weighted by atomic mass is 16.3. The SMILES string of the molecule is CC(C)(C)c1ccc(-c2cc(-c3ccccc3)c(O)c3nc(-c4ccc5c(c4)N(c4cc(C(C)(C)C)ccn4)c4ccccc4C5(C)C)ccc23)cc1. The van der Waals surface area contributed by atoms with E-state index in [0.717, 1.165) is 56.1 Å². The average Bonchev–Trinajstić information content (AvgIpc) is 3.15. The van der Waals surface area contributed by atoms with Crippen LogP contribution >= 0.6 is 0 Å². The normalized spacial score (nSPS) is 13.8. The Bertz CT molecular complexity index is 2500. The van der Waals surface area contributed by atoms with E-state index in [1.54, 1.807) is 0 Å².